The van der Waals surface area contributed by atoms with Gasteiger partial charge in [0.1, 0.15) is 5.82 Å². The summed E-state index contributed by atoms with van der Waals surface area (Å²) in [7, 11) is 0. The molecule has 98 valence electrons. The van der Waals surface area contributed by atoms with Crippen LogP contribution in [-0.4, -0.2) is 12.6 Å². The van der Waals surface area contributed by atoms with Crippen LogP contribution in [0.1, 0.15) is 39.2 Å². The first-order chi connectivity index (χ1) is 8.46. The van der Waals surface area contributed by atoms with E-state index in [0.717, 1.165) is 18.2 Å². The summed E-state index contributed by atoms with van der Waals surface area (Å²) in [6, 6.07) is 7.88. The Morgan fingerprint density at radius 3 is 2.61 bits per heavy atom. The van der Waals surface area contributed by atoms with Crippen LogP contribution in [-0.2, 0) is 5.41 Å². The molecule has 0 heterocycles. The van der Waals surface area contributed by atoms with Crippen LogP contribution in [0.15, 0.2) is 24.3 Å². The molecule has 0 radical (unpaired) electrons. The highest BCUT2D eigenvalue weighted by atomic mass is 19.1. The minimum atomic E-state index is -0.120. The number of hydrogen-bond acceptors (Lipinski definition) is 1. The molecule has 2 aliphatic carbocycles. The van der Waals surface area contributed by atoms with Crippen LogP contribution >= 0.6 is 0 Å². The van der Waals surface area contributed by atoms with E-state index in [1.807, 2.05) is 6.07 Å². The Morgan fingerprint density at radius 1 is 1.28 bits per heavy atom. The Labute approximate surface area is 109 Å². The maximum atomic E-state index is 13.4. The topological polar surface area (TPSA) is 12.0 Å². The van der Waals surface area contributed by atoms with Gasteiger partial charge in [-0.25, -0.2) is 4.39 Å². The van der Waals surface area contributed by atoms with E-state index < -0.39 is 0 Å². The maximum absolute atomic E-state index is 13.4. The molecular formula is C16H22FN. The molecule has 0 amide bonds. The van der Waals surface area contributed by atoms with Crippen molar-refractivity contribution in [1.29, 1.82) is 0 Å². The van der Waals surface area contributed by atoms with Gasteiger partial charge >= 0.3 is 0 Å². The quantitative estimate of drug-likeness (QED) is 0.858. The molecule has 1 N–H and O–H groups in total. The molecule has 1 aromatic rings. The van der Waals surface area contributed by atoms with E-state index in [1.165, 1.54) is 18.9 Å². The first kappa shape index (κ1) is 12.2. The molecule has 0 saturated heterocycles. The third kappa shape index (κ3) is 1.70. The fourth-order valence-electron chi connectivity index (χ4n) is 3.52. The number of rotatable bonds is 4. The van der Waals surface area contributed by atoms with Gasteiger partial charge in [0.15, 0.2) is 0 Å². The highest BCUT2D eigenvalue weighted by Crippen LogP contribution is 2.68. The molecule has 0 aliphatic heterocycles. The van der Waals surface area contributed by atoms with Gasteiger partial charge < -0.3 is 5.32 Å². The smallest absolute Gasteiger partial charge is 0.123 e. The number of halogens is 1. The second-order valence-electron chi connectivity index (χ2n) is 6.67. The SMILES string of the molecule is CC1(C)C(CNC2CC2)C1(C)c1cccc(F)c1. The normalized spacial score (nSPS) is 33.4. The first-order valence-corrected chi connectivity index (χ1v) is 6.95. The molecular weight excluding hydrogens is 225 g/mol. The molecule has 0 aromatic heterocycles. The van der Waals surface area contributed by atoms with E-state index in [0.29, 0.717) is 5.92 Å². The van der Waals surface area contributed by atoms with Crippen molar-refractivity contribution in [2.75, 3.05) is 6.54 Å². The van der Waals surface area contributed by atoms with Gasteiger partial charge in [0, 0.05) is 11.5 Å². The summed E-state index contributed by atoms with van der Waals surface area (Å²) in [5.74, 6) is 0.484. The largest absolute Gasteiger partial charge is 0.314 e. The third-order valence-corrected chi connectivity index (χ3v) is 5.44. The Hall–Kier alpha value is -0.890. The van der Waals surface area contributed by atoms with Crippen LogP contribution in [0.3, 0.4) is 0 Å². The minimum absolute atomic E-state index is 0.108. The van der Waals surface area contributed by atoms with Crippen LogP contribution < -0.4 is 5.32 Å². The standard InChI is InChI=1S/C16H22FN/c1-15(2)14(10-18-13-7-8-13)16(15,3)11-5-4-6-12(17)9-11/h4-6,9,13-14,18H,7-8,10H2,1-3H3. The molecule has 1 nitrogen and oxygen atoms in total. The van der Waals surface area contributed by atoms with Crippen LogP contribution in [0.5, 0.6) is 0 Å². The molecule has 2 fully saturated rings. The van der Waals surface area contributed by atoms with Crippen molar-refractivity contribution in [3.63, 3.8) is 0 Å². The summed E-state index contributed by atoms with van der Waals surface area (Å²) in [5.41, 5.74) is 1.51. The lowest BCUT2D eigenvalue weighted by molar-refractivity contribution is 0.505. The van der Waals surface area contributed by atoms with Crippen molar-refractivity contribution in [2.24, 2.45) is 11.3 Å². The molecule has 1 aromatic carbocycles. The predicted octanol–water partition coefficient (Wildman–Crippen LogP) is 3.49. The molecule has 2 unspecified atom stereocenters. The molecule has 2 saturated carbocycles. The molecule has 0 spiro atoms. The van der Waals surface area contributed by atoms with Gasteiger partial charge in [0.25, 0.3) is 0 Å². The van der Waals surface area contributed by atoms with Crippen LogP contribution in [0.4, 0.5) is 4.39 Å². The van der Waals surface area contributed by atoms with E-state index in [-0.39, 0.29) is 16.6 Å². The highest BCUT2D eigenvalue weighted by Gasteiger charge is 2.68. The van der Waals surface area contributed by atoms with E-state index in [9.17, 15) is 4.39 Å². The summed E-state index contributed by atoms with van der Waals surface area (Å²) >= 11 is 0. The predicted molar refractivity (Wildman–Crippen MR) is 72.0 cm³/mol. The van der Waals surface area contributed by atoms with Crippen molar-refractivity contribution in [3.8, 4) is 0 Å². The molecule has 0 bridgehead atoms. The monoisotopic (exact) mass is 247 g/mol. The lowest BCUT2D eigenvalue weighted by Gasteiger charge is -2.15. The lowest BCUT2D eigenvalue weighted by Crippen LogP contribution is -2.22. The fourth-order valence-corrected chi connectivity index (χ4v) is 3.52. The molecule has 2 aliphatic rings. The van der Waals surface area contributed by atoms with E-state index >= 15 is 0 Å². The van der Waals surface area contributed by atoms with Crippen molar-refractivity contribution in [2.45, 2.75) is 45.1 Å². The third-order valence-electron chi connectivity index (χ3n) is 5.44. The Bertz CT molecular complexity index is 464. The molecule has 3 rings (SSSR count). The van der Waals surface area contributed by atoms with Crippen LogP contribution in [0.25, 0.3) is 0 Å². The van der Waals surface area contributed by atoms with Gasteiger partial charge in [-0.2, -0.15) is 0 Å². The summed E-state index contributed by atoms with van der Waals surface area (Å²) in [5, 5.41) is 3.62. The zero-order valence-corrected chi connectivity index (χ0v) is 11.5. The van der Waals surface area contributed by atoms with Gasteiger partial charge in [-0.3, -0.25) is 0 Å². The van der Waals surface area contributed by atoms with Crippen LogP contribution in [0.2, 0.25) is 0 Å². The van der Waals surface area contributed by atoms with Gasteiger partial charge in [-0.05, 0) is 48.4 Å². The zero-order valence-electron chi connectivity index (χ0n) is 11.5. The van der Waals surface area contributed by atoms with Crippen LogP contribution in [0, 0.1) is 17.2 Å². The highest BCUT2D eigenvalue weighted by molar-refractivity contribution is 5.39. The summed E-state index contributed by atoms with van der Waals surface area (Å²) in [4.78, 5) is 0. The van der Waals surface area contributed by atoms with Crippen molar-refractivity contribution in [1.82, 2.24) is 5.32 Å². The molecule has 2 atom stereocenters. The second-order valence-corrected chi connectivity index (χ2v) is 6.67. The van der Waals surface area contributed by atoms with Gasteiger partial charge in [-0.1, -0.05) is 32.9 Å². The Balaban J connectivity index is 1.80. The maximum Gasteiger partial charge on any atom is 0.123 e. The zero-order chi connectivity index (χ0) is 13.0. The number of benzene rings is 1. The van der Waals surface area contributed by atoms with Crippen molar-refractivity contribution in [3.05, 3.63) is 35.6 Å². The summed E-state index contributed by atoms with van der Waals surface area (Å²) in [6.45, 7) is 7.94. The Kier molecular flexibility index (Phi) is 2.57. The average molecular weight is 247 g/mol. The lowest BCUT2D eigenvalue weighted by atomic mass is 9.89. The van der Waals surface area contributed by atoms with E-state index in [1.54, 1.807) is 6.07 Å². The van der Waals surface area contributed by atoms with Gasteiger partial charge in [0.05, 0.1) is 0 Å². The minimum Gasteiger partial charge on any atom is -0.314 e. The molecule has 18 heavy (non-hydrogen) atoms. The molecule has 2 heteroatoms. The van der Waals surface area contributed by atoms with Gasteiger partial charge in [0.2, 0.25) is 0 Å². The van der Waals surface area contributed by atoms with Crippen molar-refractivity contribution >= 4 is 0 Å². The summed E-state index contributed by atoms with van der Waals surface area (Å²) < 4.78 is 13.4. The van der Waals surface area contributed by atoms with Gasteiger partial charge in [-0.15, -0.1) is 0 Å². The number of nitrogens with one attached hydrogen (secondary N) is 1. The fraction of sp³-hybridized carbons (Fsp3) is 0.625. The van der Waals surface area contributed by atoms with E-state index in [2.05, 4.69) is 32.2 Å². The average Bonchev–Trinajstić information content (AvgIpc) is 3.18. The Morgan fingerprint density at radius 2 is 2.00 bits per heavy atom. The second kappa shape index (κ2) is 3.80. The summed E-state index contributed by atoms with van der Waals surface area (Å²) in [6.07, 6.45) is 2.65. The number of hydrogen-bond donors (Lipinski definition) is 1. The van der Waals surface area contributed by atoms with Crippen molar-refractivity contribution < 1.29 is 4.39 Å². The van der Waals surface area contributed by atoms with E-state index in [4.69, 9.17) is 0 Å². The first-order valence-electron chi connectivity index (χ1n) is 6.95.